The number of ether oxygens (including phenoxy) is 1. The lowest BCUT2D eigenvalue weighted by atomic mass is 9.88. The SMILES string of the molecule is COc1ccc(C(=O)N2CC(C(=O)N3CCCC3)C(c3ccccc3)C2)cc1. The highest BCUT2D eigenvalue weighted by Gasteiger charge is 2.42. The molecule has 2 aliphatic rings. The van der Waals surface area contributed by atoms with E-state index in [2.05, 4.69) is 12.1 Å². The molecule has 2 saturated heterocycles. The van der Waals surface area contributed by atoms with E-state index >= 15 is 0 Å². The largest absolute Gasteiger partial charge is 0.497 e. The van der Waals surface area contributed by atoms with Crippen molar-refractivity contribution in [2.24, 2.45) is 5.92 Å². The molecule has 0 spiro atoms. The van der Waals surface area contributed by atoms with Crippen LogP contribution in [0.1, 0.15) is 34.7 Å². The minimum atomic E-state index is -0.178. The average molecular weight is 378 g/mol. The van der Waals surface area contributed by atoms with Crippen LogP contribution in [0.25, 0.3) is 0 Å². The minimum absolute atomic E-state index is 0.0275. The summed E-state index contributed by atoms with van der Waals surface area (Å²) in [5.74, 6) is 0.748. The number of hydrogen-bond acceptors (Lipinski definition) is 3. The maximum atomic E-state index is 13.2. The summed E-state index contributed by atoms with van der Waals surface area (Å²) in [6, 6.07) is 17.3. The predicted molar refractivity (Wildman–Crippen MR) is 107 cm³/mol. The molecule has 0 saturated carbocycles. The summed E-state index contributed by atoms with van der Waals surface area (Å²) < 4.78 is 5.18. The lowest BCUT2D eigenvalue weighted by Crippen LogP contribution is -2.37. The summed E-state index contributed by atoms with van der Waals surface area (Å²) in [4.78, 5) is 30.1. The third kappa shape index (κ3) is 3.61. The number of rotatable bonds is 4. The fourth-order valence-electron chi connectivity index (χ4n) is 4.35. The zero-order valence-electron chi connectivity index (χ0n) is 16.2. The molecule has 5 nitrogen and oxygen atoms in total. The van der Waals surface area contributed by atoms with Gasteiger partial charge >= 0.3 is 0 Å². The Kier molecular flexibility index (Phi) is 5.33. The Balaban J connectivity index is 1.57. The summed E-state index contributed by atoms with van der Waals surface area (Å²) in [7, 11) is 1.61. The standard InChI is InChI=1S/C23H26N2O3/c1-28-19-11-9-18(10-12-19)22(26)25-15-20(17-7-3-2-4-8-17)21(16-25)23(27)24-13-5-6-14-24/h2-4,7-12,20-21H,5-6,13-16H2,1H3. The Morgan fingerprint density at radius 2 is 1.57 bits per heavy atom. The maximum absolute atomic E-state index is 13.2. The van der Waals surface area contributed by atoms with E-state index in [0.717, 1.165) is 37.2 Å². The first-order valence-corrected chi connectivity index (χ1v) is 9.94. The van der Waals surface area contributed by atoms with Crippen molar-refractivity contribution in [2.75, 3.05) is 33.3 Å². The Morgan fingerprint density at radius 3 is 2.21 bits per heavy atom. The van der Waals surface area contributed by atoms with Crippen molar-refractivity contribution in [3.63, 3.8) is 0 Å². The van der Waals surface area contributed by atoms with Gasteiger partial charge in [0.1, 0.15) is 5.75 Å². The Hall–Kier alpha value is -2.82. The first kappa shape index (κ1) is 18.5. The van der Waals surface area contributed by atoms with E-state index in [1.54, 1.807) is 31.4 Å². The van der Waals surface area contributed by atoms with Crippen LogP contribution in [-0.2, 0) is 4.79 Å². The lowest BCUT2D eigenvalue weighted by molar-refractivity contribution is -0.134. The van der Waals surface area contributed by atoms with Gasteiger partial charge in [-0.05, 0) is 42.7 Å². The van der Waals surface area contributed by atoms with Gasteiger partial charge < -0.3 is 14.5 Å². The van der Waals surface area contributed by atoms with Gasteiger partial charge in [0.25, 0.3) is 5.91 Å². The lowest BCUT2D eigenvalue weighted by Gasteiger charge is -2.23. The molecular formula is C23H26N2O3. The smallest absolute Gasteiger partial charge is 0.253 e. The summed E-state index contributed by atoms with van der Waals surface area (Å²) in [6.45, 7) is 2.71. The number of carbonyl (C=O) groups excluding carboxylic acids is 2. The molecule has 5 heteroatoms. The first-order valence-electron chi connectivity index (χ1n) is 9.94. The molecule has 0 N–H and O–H groups in total. The molecule has 0 aliphatic carbocycles. The Bertz CT molecular complexity index is 829. The number of amides is 2. The van der Waals surface area contributed by atoms with Gasteiger partial charge in [-0.25, -0.2) is 0 Å². The summed E-state index contributed by atoms with van der Waals surface area (Å²) in [5, 5.41) is 0. The molecule has 2 atom stereocenters. The molecule has 2 fully saturated rings. The Morgan fingerprint density at radius 1 is 0.893 bits per heavy atom. The van der Waals surface area contributed by atoms with Crippen molar-refractivity contribution in [3.8, 4) is 5.75 Å². The monoisotopic (exact) mass is 378 g/mol. The molecule has 2 aliphatic heterocycles. The fourth-order valence-corrected chi connectivity index (χ4v) is 4.35. The molecule has 2 amide bonds. The van der Waals surface area contributed by atoms with Crippen molar-refractivity contribution in [3.05, 3.63) is 65.7 Å². The van der Waals surface area contributed by atoms with Crippen molar-refractivity contribution < 1.29 is 14.3 Å². The summed E-state index contributed by atoms with van der Waals surface area (Å²) >= 11 is 0. The second kappa shape index (κ2) is 8.05. The van der Waals surface area contributed by atoms with E-state index in [-0.39, 0.29) is 23.7 Å². The van der Waals surface area contributed by atoms with Crippen LogP contribution in [0.15, 0.2) is 54.6 Å². The molecule has 0 bridgehead atoms. The number of carbonyl (C=O) groups is 2. The normalized spacial score (nSPS) is 21.8. The molecule has 2 aromatic rings. The highest BCUT2D eigenvalue weighted by molar-refractivity contribution is 5.95. The van der Waals surface area contributed by atoms with Crippen molar-refractivity contribution in [1.29, 1.82) is 0 Å². The number of nitrogens with zero attached hydrogens (tertiary/aromatic N) is 2. The van der Waals surface area contributed by atoms with Crippen LogP contribution in [0.5, 0.6) is 5.75 Å². The van der Waals surface area contributed by atoms with Crippen LogP contribution in [0.2, 0.25) is 0 Å². The van der Waals surface area contributed by atoms with Gasteiger partial charge in [0.2, 0.25) is 5.91 Å². The van der Waals surface area contributed by atoms with Crippen LogP contribution >= 0.6 is 0 Å². The van der Waals surface area contributed by atoms with Crippen molar-refractivity contribution in [2.45, 2.75) is 18.8 Å². The van der Waals surface area contributed by atoms with Crippen molar-refractivity contribution in [1.82, 2.24) is 9.80 Å². The minimum Gasteiger partial charge on any atom is -0.497 e. The van der Waals surface area contributed by atoms with E-state index in [9.17, 15) is 9.59 Å². The highest BCUT2D eigenvalue weighted by Crippen LogP contribution is 2.35. The van der Waals surface area contributed by atoms with Gasteiger partial charge in [-0.15, -0.1) is 0 Å². The number of likely N-dealkylation sites (tertiary alicyclic amines) is 2. The van der Waals surface area contributed by atoms with Crippen LogP contribution in [0.3, 0.4) is 0 Å². The maximum Gasteiger partial charge on any atom is 0.253 e. The van der Waals surface area contributed by atoms with E-state index in [1.165, 1.54) is 0 Å². The summed E-state index contributed by atoms with van der Waals surface area (Å²) in [5.41, 5.74) is 1.76. The fraction of sp³-hybridized carbons (Fsp3) is 0.391. The molecule has 28 heavy (non-hydrogen) atoms. The van der Waals surface area contributed by atoms with Crippen LogP contribution in [0, 0.1) is 5.92 Å². The molecule has 2 unspecified atom stereocenters. The molecule has 0 radical (unpaired) electrons. The van der Waals surface area contributed by atoms with E-state index in [4.69, 9.17) is 4.74 Å². The number of hydrogen-bond donors (Lipinski definition) is 0. The zero-order chi connectivity index (χ0) is 19.5. The topological polar surface area (TPSA) is 49.9 Å². The zero-order valence-corrected chi connectivity index (χ0v) is 16.2. The number of benzene rings is 2. The van der Waals surface area contributed by atoms with E-state index in [1.807, 2.05) is 28.0 Å². The quantitative estimate of drug-likeness (QED) is 0.821. The van der Waals surface area contributed by atoms with Crippen LogP contribution < -0.4 is 4.74 Å². The molecule has 2 aromatic carbocycles. The van der Waals surface area contributed by atoms with Crippen LogP contribution in [0.4, 0.5) is 0 Å². The highest BCUT2D eigenvalue weighted by atomic mass is 16.5. The average Bonchev–Trinajstić information content (AvgIpc) is 3.44. The molecule has 4 rings (SSSR count). The van der Waals surface area contributed by atoms with Gasteiger partial charge in [0.15, 0.2) is 0 Å². The van der Waals surface area contributed by atoms with Crippen LogP contribution in [-0.4, -0.2) is 54.9 Å². The van der Waals surface area contributed by atoms with Crippen molar-refractivity contribution >= 4 is 11.8 Å². The third-order valence-electron chi connectivity index (χ3n) is 5.91. The molecule has 146 valence electrons. The van der Waals surface area contributed by atoms with E-state index < -0.39 is 0 Å². The Labute approximate surface area is 165 Å². The van der Waals surface area contributed by atoms with Gasteiger partial charge in [-0.1, -0.05) is 30.3 Å². The third-order valence-corrected chi connectivity index (χ3v) is 5.91. The second-order valence-electron chi connectivity index (χ2n) is 7.59. The van der Waals surface area contributed by atoms with E-state index in [0.29, 0.717) is 18.7 Å². The van der Waals surface area contributed by atoms with Gasteiger partial charge in [-0.3, -0.25) is 9.59 Å². The predicted octanol–water partition coefficient (Wildman–Crippen LogP) is 3.17. The molecule has 0 aromatic heterocycles. The van der Waals surface area contributed by atoms with Gasteiger partial charge in [0.05, 0.1) is 13.0 Å². The molecular weight excluding hydrogens is 352 g/mol. The number of methoxy groups -OCH3 is 1. The first-order chi connectivity index (χ1) is 13.7. The molecule has 2 heterocycles. The second-order valence-corrected chi connectivity index (χ2v) is 7.59. The van der Waals surface area contributed by atoms with Gasteiger partial charge in [0, 0.05) is 37.7 Å². The van der Waals surface area contributed by atoms with Gasteiger partial charge in [-0.2, -0.15) is 0 Å². The summed E-state index contributed by atoms with van der Waals surface area (Å²) in [6.07, 6.45) is 2.14.